The van der Waals surface area contributed by atoms with E-state index >= 15 is 0 Å². The van der Waals surface area contributed by atoms with Crippen molar-refractivity contribution in [3.63, 3.8) is 0 Å². The zero-order valence-corrected chi connectivity index (χ0v) is 16.7. The first-order chi connectivity index (χ1) is 12.7. The number of carbonyl (C=O) groups excluding carboxylic acids is 2. The predicted octanol–water partition coefficient (Wildman–Crippen LogP) is 2.95. The predicted molar refractivity (Wildman–Crippen MR) is 105 cm³/mol. The summed E-state index contributed by atoms with van der Waals surface area (Å²) in [4.78, 5) is 24.9. The number of nitrogens with one attached hydrogen (secondary N) is 2. The maximum absolute atomic E-state index is 12.8. The van der Waals surface area contributed by atoms with Crippen molar-refractivity contribution in [1.82, 2.24) is 20.2 Å². The maximum Gasteiger partial charge on any atom is 0.253 e. The van der Waals surface area contributed by atoms with E-state index in [1.165, 1.54) is 0 Å². The molecule has 2 atom stereocenters. The SMILES string of the molecule is CC(C)=C(C)C(=O)NCC1CC(NC(=O)c2cccn3nccc23)C1(C)C. The molecule has 1 fully saturated rings. The fourth-order valence-corrected chi connectivity index (χ4v) is 3.56. The molecule has 0 aliphatic heterocycles. The molecule has 2 amide bonds. The average molecular weight is 368 g/mol. The smallest absolute Gasteiger partial charge is 0.253 e. The number of hydrogen-bond acceptors (Lipinski definition) is 3. The highest BCUT2D eigenvalue weighted by Gasteiger charge is 2.48. The number of pyridine rings is 1. The minimum atomic E-state index is -0.0814. The third kappa shape index (κ3) is 3.61. The number of rotatable bonds is 5. The summed E-state index contributed by atoms with van der Waals surface area (Å²) >= 11 is 0. The summed E-state index contributed by atoms with van der Waals surface area (Å²) in [5.74, 6) is 0.246. The quantitative estimate of drug-likeness (QED) is 0.797. The summed E-state index contributed by atoms with van der Waals surface area (Å²) in [5, 5.41) is 10.4. The Hall–Kier alpha value is -2.63. The number of aromatic nitrogens is 2. The van der Waals surface area contributed by atoms with Crippen molar-refractivity contribution < 1.29 is 9.59 Å². The first kappa shape index (κ1) is 19.1. The van der Waals surface area contributed by atoms with Crippen LogP contribution in [0.15, 0.2) is 41.7 Å². The Balaban J connectivity index is 1.60. The van der Waals surface area contributed by atoms with Crippen LogP contribution in [0.25, 0.3) is 5.52 Å². The Morgan fingerprint density at radius 1 is 1.26 bits per heavy atom. The van der Waals surface area contributed by atoms with Gasteiger partial charge in [-0.15, -0.1) is 0 Å². The number of allylic oxidation sites excluding steroid dienone is 1. The fraction of sp³-hybridized carbons (Fsp3) is 0.476. The molecule has 2 N–H and O–H groups in total. The maximum atomic E-state index is 12.8. The third-order valence-corrected chi connectivity index (χ3v) is 6.06. The van der Waals surface area contributed by atoms with Crippen molar-refractivity contribution in [1.29, 1.82) is 0 Å². The van der Waals surface area contributed by atoms with Gasteiger partial charge in [0.1, 0.15) is 0 Å². The fourth-order valence-electron chi connectivity index (χ4n) is 3.56. The Kier molecular flexibility index (Phi) is 5.09. The van der Waals surface area contributed by atoms with E-state index in [9.17, 15) is 9.59 Å². The van der Waals surface area contributed by atoms with Crippen LogP contribution in [0.4, 0.5) is 0 Å². The summed E-state index contributed by atoms with van der Waals surface area (Å²) in [6.45, 7) is 10.6. The Labute approximate surface area is 160 Å². The molecule has 6 nitrogen and oxygen atoms in total. The molecule has 0 bridgehead atoms. The molecule has 0 spiro atoms. The Bertz CT molecular complexity index is 906. The Morgan fingerprint density at radius 2 is 2.00 bits per heavy atom. The van der Waals surface area contributed by atoms with E-state index in [0.29, 0.717) is 18.0 Å². The lowest BCUT2D eigenvalue weighted by atomic mass is 9.58. The standard InChI is InChI=1S/C21H28N4O2/c1-13(2)14(3)19(26)22-12-15-11-18(21(15,4)5)24-20(27)16-7-6-10-25-17(16)8-9-23-25/h6-10,15,18H,11-12H2,1-5H3,(H,22,26)(H,24,27). The summed E-state index contributed by atoms with van der Waals surface area (Å²) < 4.78 is 1.70. The van der Waals surface area contributed by atoms with E-state index in [-0.39, 0.29) is 23.3 Å². The molecule has 1 aliphatic rings. The van der Waals surface area contributed by atoms with Crippen LogP contribution in [-0.2, 0) is 4.79 Å². The van der Waals surface area contributed by atoms with Crippen molar-refractivity contribution in [2.45, 2.75) is 47.1 Å². The molecule has 6 heteroatoms. The third-order valence-electron chi connectivity index (χ3n) is 6.06. The first-order valence-electron chi connectivity index (χ1n) is 9.37. The van der Waals surface area contributed by atoms with Crippen molar-refractivity contribution >= 4 is 17.3 Å². The summed E-state index contributed by atoms with van der Waals surface area (Å²) in [6, 6.07) is 5.56. The van der Waals surface area contributed by atoms with Crippen molar-refractivity contribution in [2.75, 3.05) is 6.54 Å². The molecule has 144 valence electrons. The van der Waals surface area contributed by atoms with Crippen LogP contribution in [-0.4, -0.2) is 34.0 Å². The highest BCUT2D eigenvalue weighted by Crippen LogP contribution is 2.46. The zero-order chi connectivity index (χ0) is 19.8. The average Bonchev–Trinajstić information content (AvgIpc) is 3.11. The van der Waals surface area contributed by atoms with Crippen molar-refractivity contribution in [3.8, 4) is 0 Å². The largest absolute Gasteiger partial charge is 0.352 e. The Morgan fingerprint density at radius 3 is 2.67 bits per heavy atom. The van der Waals surface area contributed by atoms with Gasteiger partial charge in [-0.1, -0.05) is 19.4 Å². The molecule has 3 rings (SSSR count). The molecule has 0 aromatic carbocycles. The highest BCUT2D eigenvalue weighted by atomic mass is 16.2. The van der Waals surface area contributed by atoms with Gasteiger partial charge in [0.05, 0.1) is 17.3 Å². The van der Waals surface area contributed by atoms with Gasteiger partial charge in [0.2, 0.25) is 5.91 Å². The molecule has 2 heterocycles. The van der Waals surface area contributed by atoms with Gasteiger partial charge in [0.25, 0.3) is 5.91 Å². The topological polar surface area (TPSA) is 75.5 Å². The number of carbonyl (C=O) groups is 2. The van der Waals surface area contributed by atoms with Gasteiger partial charge in [0, 0.05) is 24.4 Å². The molecule has 2 unspecified atom stereocenters. The monoisotopic (exact) mass is 368 g/mol. The zero-order valence-electron chi connectivity index (χ0n) is 16.7. The van der Waals surface area contributed by atoms with E-state index < -0.39 is 0 Å². The molecule has 2 aromatic rings. The molecule has 27 heavy (non-hydrogen) atoms. The lowest BCUT2D eigenvalue weighted by molar-refractivity contribution is -0.118. The van der Waals surface area contributed by atoms with Gasteiger partial charge in [-0.25, -0.2) is 4.52 Å². The van der Waals surface area contributed by atoms with Crippen LogP contribution in [0, 0.1) is 11.3 Å². The van der Waals surface area contributed by atoms with Gasteiger partial charge in [-0.05, 0) is 56.7 Å². The molecular weight excluding hydrogens is 340 g/mol. The minimum Gasteiger partial charge on any atom is -0.352 e. The minimum absolute atomic E-state index is 0.00861. The second kappa shape index (κ2) is 7.18. The molecule has 0 saturated heterocycles. The van der Waals surface area contributed by atoms with Gasteiger partial charge < -0.3 is 10.6 Å². The van der Waals surface area contributed by atoms with Gasteiger partial charge in [0.15, 0.2) is 0 Å². The second-order valence-corrected chi connectivity index (χ2v) is 8.20. The van der Waals surface area contributed by atoms with E-state index in [1.54, 1.807) is 10.7 Å². The number of nitrogens with zero attached hydrogens (tertiary/aromatic N) is 2. The van der Waals surface area contributed by atoms with Gasteiger partial charge >= 0.3 is 0 Å². The number of hydrogen-bond donors (Lipinski definition) is 2. The van der Waals surface area contributed by atoms with E-state index in [0.717, 1.165) is 23.1 Å². The van der Waals surface area contributed by atoms with Gasteiger partial charge in [-0.2, -0.15) is 5.10 Å². The summed E-state index contributed by atoms with van der Waals surface area (Å²) in [7, 11) is 0. The summed E-state index contributed by atoms with van der Waals surface area (Å²) in [6.07, 6.45) is 4.37. The van der Waals surface area contributed by atoms with Crippen molar-refractivity contribution in [2.24, 2.45) is 11.3 Å². The van der Waals surface area contributed by atoms with Crippen LogP contribution in [0.2, 0.25) is 0 Å². The van der Waals surface area contributed by atoms with Crippen LogP contribution < -0.4 is 10.6 Å². The molecule has 0 radical (unpaired) electrons. The highest BCUT2D eigenvalue weighted by molar-refractivity contribution is 6.00. The normalized spacial score (nSPS) is 20.6. The van der Waals surface area contributed by atoms with Crippen LogP contribution in [0.5, 0.6) is 0 Å². The van der Waals surface area contributed by atoms with E-state index in [1.807, 2.05) is 45.2 Å². The second-order valence-electron chi connectivity index (χ2n) is 8.20. The van der Waals surface area contributed by atoms with E-state index in [4.69, 9.17) is 0 Å². The first-order valence-corrected chi connectivity index (χ1v) is 9.37. The number of fused-ring (bicyclic) bond motifs is 1. The molecule has 2 aromatic heterocycles. The molecular formula is C21H28N4O2. The van der Waals surface area contributed by atoms with Crippen LogP contribution in [0.1, 0.15) is 51.4 Å². The molecule has 1 aliphatic carbocycles. The lowest BCUT2D eigenvalue weighted by Gasteiger charge is -2.52. The molecule has 1 saturated carbocycles. The number of amides is 2. The van der Waals surface area contributed by atoms with Gasteiger partial charge in [-0.3, -0.25) is 9.59 Å². The van der Waals surface area contributed by atoms with Crippen LogP contribution in [0.3, 0.4) is 0 Å². The summed E-state index contributed by atoms with van der Waals surface area (Å²) in [5.41, 5.74) is 3.15. The van der Waals surface area contributed by atoms with E-state index in [2.05, 4.69) is 29.6 Å². The van der Waals surface area contributed by atoms with Crippen molar-refractivity contribution in [3.05, 3.63) is 47.3 Å². The lowest BCUT2D eigenvalue weighted by Crippen LogP contribution is -2.60. The van der Waals surface area contributed by atoms with Crippen LogP contribution >= 0.6 is 0 Å².